The van der Waals surface area contributed by atoms with Crippen molar-refractivity contribution in [2.75, 3.05) is 5.73 Å². The van der Waals surface area contributed by atoms with Gasteiger partial charge in [-0.25, -0.2) is 0 Å². The molecular formula is C10H7ClF3N3O. The van der Waals surface area contributed by atoms with E-state index in [1.807, 2.05) is 0 Å². The molecule has 0 spiro atoms. The first-order chi connectivity index (χ1) is 8.30. The molecule has 0 saturated carbocycles. The Morgan fingerprint density at radius 2 is 1.94 bits per heavy atom. The summed E-state index contributed by atoms with van der Waals surface area (Å²) in [4.78, 5) is 0. The molecule has 0 aliphatic rings. The number of rotatable bonds is 1. The van der Waals surface area contributed by atoms with Crippen LogP contribution in [-0.4, -0.2) is 15.3 Å². The molecule has 4 N–H and O–H groups in total. The maximum Gasteiger partial charge on any atom is 0.420 e. The standard InChI is InChI=1S/C10H7ClF3N3O/c11-4-1-5(6-3-16-17-9(6)15)8(18)7(2-4)10(12,13)14/h1-3,18H,(H3,15,16,17). The quantitative estimate of drug-likeness (QED) is 0.750. The zero-order chi connectivity index (χ0) is 13.5. The largest absolute Gasteiger partial charge is 0.507 e. The summed E-state index contributed by atoms with van der Waals surface area (Å²) in [7, 11) is 0. The number of aromatic hydroxyl groups is 1. The lowest BCUT2D eigenvalue weighted by Gasteiger charge is -2.12. The lowest BCUT2D eigenvalue weighted by Crippen LogP contribution is -2.06. The highest BCUT2D eigenvalue weighted by atomic mass is 35.5. The maximum atomic E-state index is 12.7. The predicted octanol–water partition coefficient (Wildman–Crippen LogP) is 3.04. The van der Waals surface area contributed by atoms with Crippen molar-refractivity contribution < 1.29 is 18.3 Å². The molecule has 0 amide bonds. The van der Waals surface area contributed by atoms with Gasteiger partial charge in [-0.2, -0.15) is 18.3 Å². The lowest BCUT2D eigenvalue weighted by molar-refractivity contribution is -0.138. The van der Waals surface area contributed by atoms with Gasteiger partial charge in [0.2, 0.25) is 0 Å². The number of nitrogen functional groups attached to an aromatic ring is 1. The molecule has 2 rings (SSSR count). The molecule has 0 unspecified atom stereocenters. The summed E-state index contributed by atoms with van der Waals surface area (Å²) in [5, 5.41) is 15.5. The molecule has 1 aromatic carbocycles. The molecule has 0 bridgehead atoms. The molecule has 0 radical (unpaired) electrons. The van der Waals surface area contributed by atoms with Crippen LogP contribution in [-0.2, 0) is 6.18 Å². The van der Waals surface area contributed by atoms with E-state index in [0.29, 0.717) is 6.07 Å². The smallest absolute Gasteiger partial charge is 0.420 e. The number of aromatic nitrogens is 2. The third kappa shape index (κ3) is 2.08. The van der Waals surface area contributed by atoms with E-state index in [9.17, 15) is 18.3 Å². The Hall–Kier alpha value is -1.89. The fraction of sp³-hybridized carbons (Fsp3) is 0.100. The topological polar surface area (TPSA) is 74.9 Å². The SMILES string of the molecule is Nc1[nH]ncc1-c1cc(Cl)cc(C(F)(F)F)c1O. The number of hydrogen-bond acceptors (Lipinski definition) is 3. The number of aromatic amines is 1. The van der Waals surface area contributed by atoms with Gasteiger partial charge in [-0.1, -0.05) is 11.6 Å². The van der Waals surface area contributed by atoms with Gasteiger partial charge in [0, 0.05) is 16.1 Å². The van der Waals surface area contributed by atoms with Gasteiger partial charge in [0.1, 0.15) is 11.6 Å². The number of nitrogens with two attached hydrogens (primary N) is 1. The van der Waals surface area contributed by atoms with Crippen molar-refractivity contribution in [2.24, 2.45) is 0 Å². The fourth-order valence-corrected chi connectivity index (χ4v) is 1.75. The monoisotopic (exact) mass is 277 g/mol. The van der Waals surface area contributed by atoms with Gasteiger partial charge >= 0.3 is 6.18 Å². The van der Waals surface area contributed by atoms with Gasteiger partial charge in [0.15, 0.2) is 0 Å². The van der Waals surface area contributed by atoms with Crippen molar-refractivity contribution in [3.63, 3.8) is 0 Å². The predicted molar refractivity (Wildman–Crippen MR) is 60.1 cm³/mol. The van der Waals surface area contributed by atoms with Gasteiger partial charge in [-0.15, -0.1) is 0 Å². The number of anilines is 1. The number of H-pyrrole nitrogens is 1. The van der Waals surface area contributed by atoms with Crippen LogP contribution in [0.1, 0.15) is 5.56 Å². The second kappa shape index (κ2) is 4.09. The zero-order valence-corrected chi connectivity index (χ0v) is 9.47. The van der Waals surface area contributed by atoms with Crippen molar-refractivity contribution in [3.05, 3.63) is 28.9 Å². The first-order valence-electron chi connectivity index (χ1n) is 4.69. The number of alkyl halides is 3. The minimum absolute atomic E-state index is 0.0423. The number of nitrogens with one attached hydrogen (secondary N) is 1. The summed E-state index contributed by atoms with van der Waals surface area (Å²) >= 11 is 5.61. The van der Waals surface area contributed by atoms with E-state index >= 15 is 0 Å². The first kappa shape index (κ1) is 12.6. The van der Waals surface area contributed by atoms with Crippen LogP contribution in [0.3, 0.4) is 0 Å². The summed E-state index contributed by atoms with van der Waals surface area (Å²) < 4.78 is 38.0. The maximum absolute atomic E-state index is 12.7. The van der Waals surface area contributed by atoms with Crippen molar-refractivity contribution in [3.8, 4) is 16.9 Å². The summed E-state index contributed by atoms with van der Waals surface area (Å²) in [6, 6.07) is 1.84. The van der Waals surface area contributed by atoms with Crippen LogP contribution in [0, 0.1) is 0 Å². The van der Waals surface area contributed by atoms with E-state index in [4.69, 9.17) is 17.3 Å². The molecule has 0 aliphatic heterocycles. The van der Waals surface area contributed by atoms with Crippen LogP contribution in [0.2, 0.25) is 5.02 Å². The number of phenolic OH excluding ortho intramolecular Hbond substituents is 1. The van der Waals surface area contributed by atoms with Crippen LogP contribution in [0.5, 0.6) is 5.75 Å². The zero-order valence-electron chi connectivity index (χ0n) is 8.72. The highest BCUT2D eigenvalue weighted by molar-refractivity contribution is 6.31. The molecule has 96 valence electrons. The number of benzene rings is 1. The minimum atomic E-state index is -4.71. The van der Waals surface area contributed by atoms with Crippen LogP contribution >= 0.6 is 11.6 Å². The average molecular weight is 278 g/mol. The average Bonchev–Trinajstić information content (AvgIpc) is 2.66. The van der Waals surface area contributed by atoms with Crippen molar-refractivity contribution in [2.45, 2.75) is 6.18 Å². The van der Waals surface area contributed by atoms with Crippen LogP contribution in [0.25, 0.3) is 11.1 Å². The van der Waals surface area contributed by atoms with Gasteiger partial charge in [-0.05, 0) is 12.1 Å². The molecule has 18 heavy (non-hydrogen) atoms. The Bertz CT molecular complexity index is 595. The molecule has 4 nitrogen and oxygen atoms in total. The number of phenols is 1. The highest BCUT2D eigenvalue weighted by Crippen LogP contribution is 2.43. The van der Waals surface area contributed by atoms with E-state index in [1.165, 1.54) is 12.3 Å². The van der Waals surface area contributed by atoms with Gasteiger partial charge < -0.3 is 10.8 Å². The van der Waals surface area contributed by atoms with Gasteiger partial charge in [-0.3, -0.25) is 5.10 Å². The molecule has 2 aromatic rings. The van der Waals surface area contributed by atoms with Gasteiger partial charge in [0.25, 0.3) is 0 Å². The van der Waals surface area contributed by atoms with Crippen LogP contribution in [0.4, 0.5) is 19.0 Å². The lowest BCUT2D eigenvalue weighted by atomic mass is 10.0. The van der Waals surface area contributed by atoms with Crippen molar-refractivity contribution in [1.29, 1.82) is 0 Å². The number of nitrogens with zero attached hydrogens (tertiary/aromatic N) is 1. The Balaban J connectivity index is 2.70. The van der Waals surface area contributed by atoms with E-state index in [2.05, 4.69) is 10.2 Å². The summed E-state index contributed by atoms with van der Waals surface area (Å²) in [5.41, 5.74) is 4.31. The molecule has 0 saturated heterocycles. The Morgan fingerprint density at radius 1 is 1.28 bits per heavy atom. The second-order valence-corrected chi connectivity index (χ2v) is 3.98. The molecule has 0 fully saturated rings. The molecule has 0 atom stereocenters. The molecular weight excluding hydrogens is 271 g/mol. The van der Waals surface area contributed by atoms with E-state index in [1.54, 1.807) is 0 Å². The number of halogens is 4. The summed E-state index contributed by atoms with van der Waals surface area (Å²) in [6.45, 7) is 0. The molecule has 1 aromatic heterocycles. The Morgan fingerprint density at radius 3 is 2.44 bits per heavy atom. The third-order valence-electron chi connectivity index (χ3n) is 2.34. The van der Waals surface area contributed by atoms with Gasteiger partial charge in [0.05, 0.1) is 11.8 Å². The highest BCUT2D eigenvalue weighted by Gasteiger charge is 2.35. The first-order valence-corrected chi connectivity index (χ1v) is 5.07. The molecule has 0 aliphatic carbocycles. The van der Waals surface area contributed by atoms with Crippen molar-refractivity contribution in [1.82, 2.24) is 10.2 Å². The van der Waals surface area contributed by atoms with Crippen LogP contribution < -0.4 is 5.73 Å². The molecule has 8 heteroatoms. The summed E-state index contributed by atoms with van der Waals surface area (Å²) in [5.74, 6) is -0.888. The fourth-order valence-electron chi connectivity index (χ4n) is 1.53. The Kier molecular flexibility index (Phi) is 2.86. The normalized spacial score (nSPS) is 11.8. The Labute approximate surface area is 104 Å². The molecule has 1 heterocycles. The summed E-state index contributed by atoms with van der Waals surface area (Å²) in [6.07, 6.45) is -3.50. The van der Waals surface area contributed by atoms with E-state index < -0.39 is 17.5 Å². The minimum Gasteiger partial charge on any atom is -0.507 e. The van der Waals surface area contributed by atoms with E-state index in [-0.39, 0.29) is 22.0 Å². The van der Waals surface area contributed by atoms with E-state index in [0.717, 1.165) is 0 Å². The third-order valence-corrected chi connectivity index (χ3v) is 2.56. The second-order valence-electron chi connectivity index (χ2n) is 3.54. The van der Waals surface area contributed by atoms with Crippen LogP contribution in [0.15, 0.2) is 18.3 Å². The number of hydrogen-bond donors (Lipinski definition) is 3. The van der Waals surface area contributed by atoms with Crippen molar-refractivity contribution >= 4 is 17.4 Å².